The lowest BCUT2D eigenvalue weighted by atomic mass is 9.95. The van der Waals surface area contributed by atoms with Crippen LogP contribution in [0.1, 0.15) is 35.1 Å². The minimum absolute atomic E-state index is 0.0676. The third-order valence-corrected chi connectivity index (χ3v) is 4.23. The first-order chi connectivity index (χ1) is 9.99. The summed E-state index contributed by atoms with van der Waals surface area (Å²) in [5, 5.41) is 3.12. The predicted octanol–water partition coefficient (Wildman–Crippen LogP) is 2.62. The van der Waals surface area contributed by atoms with Crippen molar-refractivity contribution in [3.05, 3.63) is 47.0 Å². The highest BCUT2D eigenvalue weighted by atomic mass is 32.1. The molecule has 0 aliphatic rings. The van der Waals surface area contributed by atoms with Gasteiger partial charge in [0, 0.05) is 13.0 Å². The number of carbonyl (C=O) groups excluding carboxylic acids is 2. The quantitative estimate of drug-likeness (QED) is 0.831. The van der Waals surface area contributed by atoms with Gasteiger partial charge >= 0.3 is 0 Å². The van der Waals surface area contributed by atoms with Gasteiger partial charge < -0.3 is 11.1 Å². The van der Waals surface area contributed by atoms with Crippen molar-refractivity contribution < 1.29 is 9.59 Å². The normalized spacial score (nSPS) is 13.5. The Morgan fingerprint density at radius 2 is 1.95 bits per heavy atom. The van der Waals surface area contributed by atoms with Crippen LogP contribution < -0.4 is 11.1 Å². The molecule has 0 aliphatic heterocycles. The zero-order chi connectivity index (χ0) is 15.4. The molecule has 2 aromatic rings. The van der Waals surface area contributed by atoms with E-state index in [1.54, 1.807) is 6.92 Å². The van der Waals surface area contributed by atoms with Gasteiger partial charge in [-0.1, -0.05) is 48.6 Å². The Labute approximate surface area is 127 Å². The maximum atomic E-state index is 12.2. The molecule has 1 amide bonds. The molecular weight excluding hydrogens is 286 g/mol. The van der Waals surface area contributed by atoms with Gasteiger partial charge in [-0.05, 0) is 5.56 Å². The van der Waals surface area contributed by atoms with Crippen molar-refractivity contribution in [2.45, 2.75) is 19.9 Å². The first kappa shape index (κ1) is 15.3. The maximum Gasteiger partial charge on any atom is 0.230 e. The van der Waals surface area contributed by atoms with Crippen LogP contribution in [0, 0.1) is 5.92 Å². The lowest BCUT2D eigenvalue weighted by Gasteiger charge is -2.19. The largest absolute Gasteiger partial charge is 0.323 e. The SMILES string of the molecule is CC(=O)c1cnc(NC(=O)C(C)C(N)c2ccccc2)s1. The molecule has 0 fully saturated rings. The lowest BCUT2D eigenvalue weighted by Crippen LogP contribution is -2.30. The summed E-state index contributed by atoms with van der Waals surface area (Å²) in [5.41, 5.74) is 7.02. The molecular formula is C15H17N3O2S. The van der Waals surface area contributed by atoms with Gasteiger partial charge in [0.15, 0.2) is 10.9 Å². The van der Waals surface area contributed by atoms with E-state index in [1.165, 1.54) is 13.1 Å². The van der Waals surface area contributed by atoms with Crippen molar-refractivity contribution in [2.24, 2.45) is 11.7 Å². The van der Waals surface area contributed by atoms with Crippen LogP contribution in [-0.2, 0) is 4.79 Å². The van der Waals surface area contributed by atoms with E-state index < -0.39 is 12.0 Å². The average Bonchev–Trinajstić information content (AvgIpc) is 2.95. The number of carbonyl (C=O) groups is 2. The molecule has 0 radical (unpaired) electrons. The van der Waals surface area contributed by atoms with Gasteiger partial charge in [0.05, 0.1) is 17.0 Å². The first-order valence-electron chi connectivity index (χ1n) is 6.57. The average molecular weight is 303 g/mol. The fraction of sp³-hybridized carbons (Fsp3) is 0.267. The number of nitrogens with one attached hydrogen (secondary N) is 1. The molecule has 1 heterocycles. The van der Waals surface area contributed by atoms with Gasteiger partial charge in [0.1, 0.15) is 0 Å². The highest BCUT2D eigenvalue weighted by Crippen LogP contribution is 2.23. The summed E-state index contributed by atoms with van der Waals surface area (Å²) in [4.78, 5) is 27.9. The molecule has 6 heteroatoms. The minimum atomic E-state index is -0.405. The van der Waals surface area contributed by atoms with E-state index in [0.29, 0.717) is 10.0 Å². The molecule has 0 spiro atoms. The topological polar surface area (TPSA) is 85.1 Å². The highest BCUT2D eigenvalue weighted by molar-refractivity contribution is 7.17. The van der Waals surface area contributed by atoms with Gasteiger partial charge in [-0.2, -0.15) is 0 Å². The van der Waals surface area contributed by atoms with E-state index >= 15 is 0 Å². The van der Waals surface area contributed by atoms with Gasteiger partial charge in [0.25, 0.3) is 0 Å². The van der Waals surface area contributed by atoms with E-state index in [-0.39, 0.29) is 11.7 Å². The number of Topliss-reactive ketones (excluding diaryl/α,β-unsaturated/α-hetero) is 1. The van der Waals surface area contributed by atoms with Crippen LogP contribution in [0.15, 0.2) is 36.5 Å². The van der Waals surface area contributed by atoms with Crippen LogP contribution in [0.25, 0.3) is 0 Å². The van der Waals surface area contributed by atoms with E-state index in [4.69, 9.17) is 5.73 Å². The van der Waals surface area contributed by atoms with Crippen molar-refractivity contribution in [2.75, 3.05) is 5.32 Å². The molecule has 2 unspecified atom stereocenters. The van der Waals surface area contributed by atoms with Crippen molar-refractivity contribution >= 4 is 28.2 Å². The molecule has 0 saturated heterocycles. The molecule has 21 heavy (non-hydrogen) atoms. The number of hydrogen-bond donors (Lipinski definition) is 2. The third kappa shape index (κ3) is 3.74. The molecule has 3 N–H and O–H groups in total. The second-order valence-corrected chi connectivity index (χ2v) is 5.83. The smallest absolute Gasteiger partial charge is 0.230 e. The number of benzene rings is 1. The fourth-order valence-corrected chi connectivity index (χ4v) is 2.56. The van der Waals surface area contributed by atoms with Crippen LogP contribution in [0.4, 0.5) is 5.13 Å². The molecule has 0 bridgehead atoms. The van der Waals surface area contributed by atoms with E-state index in [1.807, 2.05) is 30.3 Å². The Morgan fingerprint density at radius 1 is 1.29 bits per heavy atom. The summed E-state index contributed by atoms with van der Waals surface area (Å²) in [6, 6.07) is 9.08. The molecule has 0 aliphatic carbocycles. The van der Waals surface area contributed by atoms with Gasteiger partial charge in [0.2, 0.25) is 5.91 Å². The molecule has 0 saturated carbocycles. The van der Waals surface area contributed by atoms with Crippen LogP contribution in [0.2, 0.25) is 0 Å². The summed E-state index contributed by atoms with van der Waals surface area (Å²) in [6.45, 7) is 3.24. The molecule has 110 valence electrons. The summed E-state index contributed by atoms with van der Waals surface area (Å²) in [5.74, 6) is -0.685. The third-order valence-electron chi connectivity index (χ3n) is 3.22. The van der Waals surface area contributed by atoms with Gasteiger partial charge in [-0.3, -0.25) is 9.59 Å². The fourth-order valence-electron chi connectivity index (χ4n) is 1.84. The molecule has 5 nitrogen and oxygen atoms in total. The number of ketones is 1. The second kappa shape index (κ2) is 6.60. The van der Waals surface area contributed by atoms with Crippen LogP contribution in [0.3, 0.4) is 0 Å². The summed E-state index contributed by atoms with van der Waals surface area (Å²) in [7, 11) is 0. The number of thiazole rings is 1. The Hall–Kier alpha value is -2.05. The maximum absolute atomic E-state index is 12.2. The Kier molecular flexibility index (Phi) is 4.82. The van der Waals surface area contributed by atoms with E-state index in [2.05, 4.69) is 10.3 Å². The van der Waals surface area contributed by atoms with Crippen molar-refractivity contribution in [1.29, 1.82) is 0 Å². The molecule has 2 rings (SSSR count). The number of nitrogens with zero attached hydrogens (tertiary/aromatic N) is 1. The Balaban J connectivity index is 2.03. The van der Waals surface area contributed by atoms with Crippen molar-refractivity contribution in [1.82, 2.24) is 4.98 Å². The highest BCUT2D eigenvalue weighted by Gasteiger charge is 2.23. The van der Waals surface area contributed by atoms with Crippen molar-refractivity contribution in [3.63, 3.8) is 0 Å². The Morgan fingerprint density at radius 3 is 2.52 bits per heavy atom. The zero-order valence-corrected chi connectivity index (χ0v) is 12.7. The first-order valence-corrected chi connectivity index (χ1v) is 7.39. The summed E-state index contributed by atoms with van der Waals surface area (Å²) < 4.78 is 0. The predicted molar refractivity (Wildman–Crippen MR) is 83.3 cm³/mol. The monoisotopic (exact) mass is 303 g/mol. The second-order valence-electron chi connectivity index (χ2n) is 4.80. The van der Waals surface area contributed by atoms with Crippen LogP contribution in [0.5, 0.6) is 0 Å². The van der Waals surface area contributed by atoms with E-state index in [0.717, 1.165) is 16.9 Å². The summed E-state index contributed by atoms with van der Waals surface area (Å²) in [6.07, 6.45) is 1.46. The lowest BCUT2D eigenvalue weighted by molar-refractivity contribution is -0.120. The number of amides is 1. The van der Waals surface area contributed by atoms with E-state index in [9.17, 15) is 9.59 Å². The standard InChI is InChI=1S/C15H17N3O2S/c1-9(13(16)11-6-4-3-5-7-11)14(20)18-15-17-8-12(21-15)10(2)19/h3-9,13H,16H2,1-2H3,(H,17,18,20). The number of hydrogen-bond acceptors (Lipinski definition) is 5. The summed E-state index contributed by atoms with van der Waals surface area (Å²) >= 11 is 1.16. The van der Waals surface area contributed by atoms with Crippen molar-refractivity contribution in [3.8, 4) is 0 Å². The number of aromatic nitrogens is 1. The van der Waals surface area contributed by atoms with Crippen LogP contribution >= 0.6 is 11.3 Å². The zero-order valence-electron chi connectivity index (χ0n) is 11.9. The molecule has 1 aromatic carbocycles. The number of anilines is 1. The molecule has 2 atom stereocenters. The Bertz CT molecular complexity index is 639. The van der Waals surface area contributed by atoms with Crippen LogP contribution in [-0.4, -0.2) is 16.7 Å². The molecule has 1 aromatic heterocycles. The van der Waals surface area contributed by atoms with Gasteiger partial charge in [-0.15, -0.1) is 0 Å². The number of nitrogens with two attached hydrogens (primary N) is 1. The van der Waals surface area contributed by atoms with Gasteiger partial charge in [-0.25, -0.2) is 4.98 Å². The minimum Gasteiger partial charge on any atom is -0.323 e. The number of rotatable bonds is 5.